The van der Waals surface area contributed by atoms with Gasteiger partial charge in [0.15, 0.2) is 0 Å². The van der Waals surface area contributed by atoms with Gasteiger partial charge >= 0.3 is 0 Å². The first-order valence-electron chi connectivity index (χ1n) is 6.43. The van der Waals surface area contributed by atoms with Crippen LogP contribution in [0.15, 0.2) is 12.1 Å². The highest BCUT2D eigenvalue weighted by Gasteiger charge is 2.31. The highest BCUT2D eigenvalue weighted by atomic mass is 32.2. The summed E-state index contributed by atoms with van der Waals surface area (Å²) in [7, 11) is -1.70. The van der Waals surface area contributed by atoms with Gasteiger partial charge in [0, 0.05) is 43.0 Å². The van der Waals surface area contributed by atoms with Crippen LogP contribution in [0.4, 0.5) is 0 Å². The molecule has 7 heteroatoms. The highest BCUT2D eigenvalue weighted by Crippen LogP contribution is 2.28. The van der Waals surface area contributed by atoms with E-state index in [4.69, 9.17) is 0 Å². The third kappa shape index (κ3) is 3.17. The number of hydrogen-bond donors (Lipinski definition) is 1. The van der Waals surface area contributed by atoms with Crippen LogP contribution in [0.25, 0.3) is 0 Å². The van der Waals surface area contributed by atoms with Crippen molar-refractivity contribution in [2.75, 3.05) is 33.2 Å². The van der Waals surface area contributed by atoms with E-state index in [1.807, 2.05) is 26.0 Å². The first-order valence-corrected chi connectivity index (χ1v) is 8.64. The lowest BCUT2D eigenvalue weighted by molar-refractivity contribution is 0.307. The predicted molar refractivity (Wildman–Crippen MR) is 78.6 cm³/mol. The molecule has 1 aromatic rings. The van der Waals surface area contributed by atoms with Crippen LogP contribution in [-0.2, 0) is 10.2 Å². The quantitative estimate of drug-likeness (QED) is 0.909. The van der Waals surface area contributed by atoms with E-state index in [2.05, 4.69) is 5.32 Å². The lowest BCUT2D eigenvalue weighted by Gasteiger charge is -2.33. The van der Waals surface area contributed by atoms with Gasteiger partial charge in [0.05, 0.1) is 6.04 Å². The molecular weight excluding hydrogens is 282 g/mol. The minimum absolute atomic E-state index is 0.126. The second-order valence-electron chi connectivity index (χ2n) is 4.80. The van der Waals surface area contributed by atoms with Crippen molar-refractivity contribution < 1.29 is 8.42 Å². The Kier molecular flexibility index (Phi) is 4.62. The molecule has 0 saturated carbocycles. The molecule has 19 heavy (non-hydrogen) atoms. The van der Waals surface area contributed by atoms with E-state index in [9.17, 15) is 8.42 Å². The molecular formula is C12H21N3O2S2. The summed E-state index contributed by atoms with van der Waals surface area (Å²) in [4.78, 5) is 2.29. The number of rotatable bonds is 4. The van der Waals surface area contributed by atoms with Gasteiger partial charge in [-0.1, -0.05) is 0 Å². The first-order chi connectivity index (χ1) is 8.93. The van der Waals surface area contributed by atoms with Crippen LogP contribution in [0.2, 0.25) is 0 Å². The van der Waals surface area contributed by atoms with Crippen LogP contribution in [-0.4, -0.2) is 50.3 Å². The highest BCUT2D eigenvalue weighted by molar-refractivity contribution is 7.86. The summed E-state index contributed by atoms with van der Waals surface area (Å²) in [5.74, 6) is 0. The van der Waals surface area contributed by atoms with Gasteiger partial charge in [-0.15, -0.1) is 11.3 Å². The average molecular weight is 303 g/mol. The van der Waals surface area contributed by atoms with Crippen LogP contribution >= 0.6 is 11.3 Å². The van der Waals surface area contributed by atoms with E-state index >= 15 is 0 Å². The third-order valence-electron chi connectivity index (χ3n) is 3.48. The van der Waals surface area contributed by atoms with E-state index in [0.29, 0.717) is 13.1 Å². The van der Waals surface area contributed by atoms with Gasteiger partial charge in [0.2, 0.25) is 0 Å². The molecule has 1 unspecified atom stereocenters. The molecule has 0 aliphatic carbocycles. The van der Waals surface area contributed by atoms with Crippen molar-refractivity contribution in [2.45, 2.75) is 19.9 Å². The van der Waals surface area contributed by atoms with Gasteiger partial charge in [-0.3, -0.25) is 0 Å². The molecule has 2 rings (SSSR count). The minimum atomic E-state index is -3.37. The van der Waals surface area contributed by atoms with Crippen LogP contribution in [0, 0.1) is 6.92 Å². The largest absolute Gasteiger partial charge is 0.314 e. The summed E-state index contributed by atoms with van der Waals surface area (Å²) in [5, 5.41) is 3.17. The maximum atomic E-state index is 12.5. The zero-order chi connectivity index (χ0) is 14.0. The Hall–Kier alpha value is -0.470. The molecule has 1 aliphatic heterocycles. The van der Waals surface area contributed by atoms with Crippen LogP contribution < -0.4 is 5.32 Å². The van der Waals surface area contributed by atoms with E-state index in [1.165, 1.54) is 9.18 Å². The number of nitrogens with one attached hydrogen (secondary N) is 1. The zero-order valence-electron chi connectivity index (χ0n) is 11.6. The summed E-state index contributed by atoms with van der Waals surface area (Å²) < 4.78 is 28.1. The molecule has 0 spiro atoms. The molecule has 2 heterocycles. The molecule has 1 aromatic heterocycles. The number of nitrogens with zero attached hydrogens (tertiary/aromatic N) is 2. The molecule has 0 radical (unpaired) electrons. The summed E-state index contributed by atoms with van der Waals surface area (Å²) in [6, 6.07) is 3.91. The van der Waals surface area contributed by atoms with Gasteiger partial charge in [-0.05, 0) is 26.0 Å². The molecule has 0 amide bonds. The number of piperazine rings is 1. The van der Waals surface area contributed by atoms with Crippen molar-refractivity contribution in [2.24, 2.45) is 0 Å². The van der Waals surface area contributed by atoms with E-state index in [-0.39, 0.29) is 6.04 Å². The minimum Gasteiger partial charge on any atom is -0.314 e. The number of aryl methyl sites for hydroxylation is 1. The van der Waals surface area contributed by atoms with Gasteiger partial charge in [0.1, 0.15) is 0 Å². The lowest BCUT2D eigenvalue weighted by Crippen LogP contribution is -2.51. The Morgan fingerprint density at radius 2 is 2.00 bits per heavy atom. The molecule has 5 nitrogen and oxygen atoms in total. The second kappa shape index (κ2) is 5.88. The topological polar surface area (TPSA) is 52.7 Å². The average Bonchev–Trinajstić information content (AvgIpc) is 2.84. The Balaban J connectivity index is 2.15. The molecule has 1 aliphatic rings. The maximum absolute atomic E-state index is 12.5. The first kappa shape index (κ1) is 14.9. The van der Waals surface area contributed by atoms with E-state index in [0.717, 1.165) is 18.0 Å². The molecule has 1 atom stereocenters. The lowest BCUT2D eigenvalue weighted by atomic mass is 10.3. The van der Waals surface area contributed by atoms with Crippen molar-refractivity contribution in [3.05, 3.63) is 21.9 Å². The van der Waals surface area contributed by atoms with Gasteiger partial charge in [-0.2, -0.15) is 17.0 Å². The smallest absolute Gasteiger partial charge is 0.282 e. The Morgan fingerprint density at radius 1 is 1.37 bits per heavy atom. The van der Waals surface area contributed by atoms with Crippen LogP contribution in [0.5, 0.6) is 0 Å². The second-order valence-corrected chi connectivity index (χ2v) is 8.10. The normalized spacial score (nSPS) is 19.8. The van der Waals surface area contributed by atoms with Gasteiger partial charge in [-0.25, -0.2) is 0 Å². The molecule has 0 bridgehead atoms. The van der Waals surface area contributed by atoms with Crippen LogP contribution in [0.3, 0.4) is 0 Å². The van der Waals surface area contributed by atoms with Crippen molar-refractivity contribution in [3.63, 3.8) is 0 Å². The van der Waals surface area contributed by atoms with E-state index < -0.39 is 10.2 Å². The summed E-state index contributed by atoms with van der Waals surface area (Å²) in [6.45, 7) is 6.50. The fourth-order valence-electron chi connectivity index (χ4n) is 2.11. The fraction of sp³-hybridized carbons (Fsp3) is 0.667. The van der Waals surface area contributed by atoms with Crippen molar-refractivity contribution in [1.82, 2.24) is 13.9 Å². The molecule has 0 aromatic carbocycles. The zero-order valence-corrected chi connectivity index (χ0v) is 13.2. The monoisotopic (exact) mass is 303 g/mol. The predicted octanol–water partition coefficient (Wildman–Crippen LogP) is 1.20. The summed E-state index contributed by atoms with van der Waals surface area (Å²) in [5.41, 5.74) is 0. The summed E-state index contributed by atoms with van der Waals surface area (Å²) in [6.07, 6.45) is 0. The van der Waals surface area contributed by atoms with Crippen molar-refractivity contribution in [3.8, 4) is 0 Å². The Labute approximate surface area is 119 Å². The Morgan fingerprint density at radius 3 is 2.53 bits per heavy atom. The molecule has 1 fully saturated rings. The van der Waals surface area contributed by atoms with Crippen molar-refractivity contribution in [1.29, 1.82) is 0 Å². The maximum Gasteiger partial charge on any atom is 0.282 e. The fourth-order valence-corrected chi connectivity index (χ4v) is 4.67. The Bertz CT molecular complexity index is 521. The van der Waals surface area contributed by atoms with Gasteiger partial charge < -0.3 is 5.32 Å². The van der Waals surface area contributed by atoms with Crippen molar-refractivity contribution >= 4 is 21.5 Å². The SMILES string of the molecule is Cc1ccc(C(C)N(C)S(=O)(=O)N2CCNCC2)s1. The molecule has 108 valence electrons. The number of thiophene rings is 1. The van der Waals surface area contributed by atoms with Gasteiger partial charge in [0.25, 0.3) is 10.2 Å². The van der Waals surface area contributed by atoms with Crippen LogP contribution in [0.1, 0.15) is 22.7 Å². The standard InChI is InChI=1S/C12H21N3O2S2/c1-10-4-5-12(18-10)11(2)14(3)19(16,17)15-8-6-13-7-9-15/h4-5,11,13H,6-9H2,1-3H3. The molecule has 1 N–H and O–H groups in total. The van der Waals surface area contributed by atoms with E-state index in [1.54, 1.807) is 22.7 Å². The molecule has 1 saturated heterocycles. The third-order valence-corrected chi connectivity index (χ3v) is 6.72. The summed E-state index contributed by atoms with van der Waals surface area (Å²) >= 11 is 1.65. The number of hydrogen-bond acceptors (Lipinski definition) is 4.